The molecule has 1 unspecified atom stereocenters. The summed E-state index contributed by atoms with van der Waals surface area (Å²) in [5.41, 5.74) is 0.990. The molecule has 0 aliphatic rings. The molecule has 0 saturated heterocycles. The summed E-state index contributed by atoms with van der Waals surface area (Å²) >= 11 is 3.24. The van der Waals surface area contributed by atoms with Gasteiger partial charge in [0.15, 0.2) is 0 Å². The molecule has 0 spiro atoms. The summed E-state index contributed by atoms with van der Waals surface area (Å²) in [5.74, 6) is 0.667. The molecule has 0 aliphatic carbocycles. The summed E-state index contributed by atoms with van der Waals surface area (Å²) in [6.45, 7) is 3.83. The van der Waals surface area contributed by atoms with Crippen LogP contribution in [0.25, 0.3) is 10.9 Å². The van der Waals surface area contributed by atoms with Crippen molar-refractivity contribution in [3.05, 3.63) is 53.0 Å². The van der Waals surface area contributed by atoms with Gasteiger partial charge in [-0.3, -0.25) is 4.79 Å². The smallest absolute Gasteiger partial charge is 0.217 e. The minimum Gasteiger partial charge on any atom is -0.491 e. The Morgan fingerprint density at radius 3 is 2.79 bits per heavy atom. The van der Waals surface area contributed by atoms with E-state index in [1.54, 1.807) is 24.3 Å². The number of hydrogen-bond acceptors (Lipinski definition) is 5. The molecule has 0 radical (unpaired) electrons. The van der Waals surface area contributed by atoms with Crippen molar-refractivity contribution in [2.24, 2.45) is 0 Å². The maximum atomic E-state index is 14.1. The molecular weight excluding hydrogens is 427 g/mol. The van der Waals surface area contributed by atoms with E-state index in [1.165, 1.54) is 19.3 Å². The zero-order chi connectivity index (χ0) is 20.1. The molecule has 0 saturated carbocycles. The van der Waals surface area contributed by atoms with Gasteiger partial charge in [-0.2, -0.15) is 0 Å². The third kappa shape index (κ3) is 4.95. The summed E-state index contributed by atoms with van der Waals surface area (Å²) in [6.07, 6.45) is 2.18. The highest BCUT2D eigenvalue weighted by Gasteiger charge is 2.11. The Bertz CT molecular complexity index is 999. The van der Waals surface area contributed by atoms with Crippen molar-refractivity contribution < 1.29 is 13.9 Å². The van der Waals surface area contributed by atoms with Gasteiger partial charge in [-0.15, -0.1) is 0 Å². The number of rotatable bonds is 7. The van der Waals surface area contributed by atoms with Crippen LogP contribution in [0, 0.1) is 5.82 Å². The van der Waals surface area contributed by atoms with E-state index in [0.717, 1.165) is 11.8 Å². The molecule has 1 amide bonds. The molecular formula is C20H20BrFN4O2. The second-order valence-corrected chi connectivity index (χ2v) is 7.18. The summed E-state index contributed by atoms with van der Waals surface area (Å²) in [4.78, 5) is 19.7. The Balaban J connectivity index is 1.79. The number of nitrogens with zero attached hydrogens (tertiary/aromatic N) is 2. The fourth-order valence-electron chi connectivity index (χ4n) is 2.69. The molecule has 0 fully saturated rings. The van der Waals surface area contributed by atoms with Crippen molar-refractivity contribution in [3.63, 3.8) is 0 Å². The monoisotopic (exact) mass is 446 g/mol. The number of halogens is 2. The Morgan fingerprint density at radius 2 is 2.07 bits per heavy atom. The van der Waals surface area contributed by atoms with E-state index in [2.05, 4.69) is 36.5 Å². The third-order valence-corrected chi connectivity index (χ3v) is 4.64. The molecule has 0 aliphatic heterocycles. The number of carbonyl (C=O) groups is 1. The lowest BCUT2D eigenvalue weighted by atomic mass is 10.2. The molecule has 1 atom stereocenters. The molecule has 1 aromatic heterocycles. The Labute approximate surface area is 170 Å². The predicted molar refractivity (Wildman–Crippen MR) is 110 cm³/mol. The van der Waals surface area contributed by atoms with Gasteiger partial charge in [-0.05, 0) is 36.8 Å². The van der Waals surface area contributed by atoms with Gasteiger partial charge >= 0.3 is 0 Å². The van der Waals surface area contributed by atoms with Crippen molar-refractivity contribution >= 4 is 44.2 Å². The Hall–Kier alpha value is -2.74. The molecule has 3 aromatic rings. The van der Waals surface area contributed by atoms with Crippen LogP contribution in [0.5, 0.6) is 5.75 Å². The average Bonchev–Trinajstić information content (AvgIpc) is 2.67. The summed E-state index contributed by atoms with van der Waals surface area (Å²) in [5, 5.41) is 6.59. The molecule has 8 heteroatoms. The fourth-order valence-corrected chi connectivity index (χ4v) is 3.02. The first-order valence-corrected chi connectivity index (χ1v) is 9.62. The summed E-state index contributed by atoms with van der Waals surface area (Å²) in [6, 6.07) is 10.1. The van der Waals surface area contributed by atoms with Crippen molar-refractivity contribution in [3.8, 4) is 5.75 Å². The Kier molecular flexibility index (Phi) is 6.41. The lowest BCUT2D eigenvalue weighted by Gasteiger charge is -2.17. The topological polar surface area (TPSA) is 76.1 Å². The van der Waals surface area contributed by atoms with E-state index < -0.39 is 0 Å². The van der Waals surface area contributed by atoms with Gasteiger partial charge in [0.2, 0.25) is 5.91 Å². The van der Waals surface area contributed by atoms with E-state index in [-0.39, 0.29) is 17.8 Å². The SMILES string of the molecule is CCC(COc1ccc2c(Nc3ccc(Br)cc3F)ncnc2c1)NC(C)=O. The van der Waals surface area contributed by atoms with E-state index in [9.17, 15) is 9.18 Å². The maximum Gasteiger partial charge on any atom is 0.217 e. The molecule has 2 N–H and O–H groups in total. The zero-order valence-electron chi connectivity index (χ0n) is 15.5. The van der Waals surface area contributed by atoms with Crippen LogP contribution in [0.4, 0.5) is 15.9 Å². The predicted octanol–water partition coefficient (Wildman–Crippen LogP) is 4.57. The van der Waals surface area contributed by atoms with E-state index in [0.29, 0.717) is 33.9 Å². The second-order valence-electron chi connectivity index (χ2n) is 6.27. The largest absolute Gasteiger partial charge is 0.491 e. The number of aromatic nitrogens is 2. The van der Waals surface area contributed by atoms with Gasteiger partial charge in [-0.25, -0.2) is 14.4 Å². The van der Waals surface area contributed by atoms with Crippen molar-refractivity contribution in [2.45, 2.75) is 26.3 Å². The fraction of sp³-hybridized carbons (Fsp3) is 0.250. The first-order valence-electron chi connectivity index (χ1n) is 8.83. The van der Waals surface area contributed by atoms with Crippen LogP contribution < -0.4 is 15.4 Å². The van der Waals surface area contributed by atoms with Crippen LogP contribution >= 0.6 is 15.9 Å². The number of amides is 1. The van der Waals surface area contributed by atoms with Gasteiger partial charge in [-0.1, -0.05) is 22.9 Å². The van der Waals surface area contributed by atoms with Gasteiger partial charge in [0, 0.05) is 22.8 Å². The van der Waals surface area contributed by atoms with Crippen LogP contribution in [0.15, 0.2) is 47.2 Å². The van der Waals surface area contributed by atoms with Crippen molar-refractivity contribution in [1.29, 1.82) is 0 Å². The third-order valence-electron chi connectivity index (χ3n) is 4.14. The van der Waals surface area contributed by atoms with Gasteiger partial charge < -0.3 is 15.4 Å². The minimum atomic E-state index is -0.385. The number of fused-ring (bicyclic) bond motifs is 1. The second kappa shape index (κ2) is 8.97. The van der Waals surface area contributed by atoms with Crippen LogP contribution in [-0.2, 0) is 4.79 Å². The molecule has 146 valence electrons. The minimum absolute atomic E-state index is 0.0591. The first kappa shape index (κ1) is 20.0. The number of hydrogen-bond donors (Lipinski definition) is 2. The van der Waals surface area contributed by atoms with E-state index in [1.807, 2.05) is 13.0 Å². The maximum absolute atomic E-state index is 14.1. The molecule has 0 bridgehead atoms. The highest BCUT2D eigenvalue weighted by molar-refractivity contribution is 9.10. The molecule has 2 aromatic carbocycles. The van der Waals surface area contributed by atoms with E-state index >= 15 is 0 Å². The summed E-state index contributed by atoms with van der Waals surface area (Å²) < 4.78 is 20.6. The van der Waals surface area contributed by atoms with Gasteiger partial charge in [0.1, 0.15) is 30.3 Å². The highest BCUT2D eigenvalue weighted by Crippen LogP contribution is 2.28. The molecule has 3 rings (SSSR count). The van der Waals surface area contributed by atoms with Gasteiger partial charge in [0.25, 0.3) is 0 Å². The van der Waals surface area contributed by atoms with Crippen LogP contribution in [0.1, 0.15) is 20.3 Å². The van der Waals surface area contributed by atoms with Crippen LogP contribution in [0.3, 0.4) is 0 Å². The van der Waals surface area contributed by atoms with E-state index in [4.69, 9.17) is 4.74 Å². The number of anilines is 2. The van der Waals surface area contributed by atoms with Crippen LogP contribution in [-0.4, -0.2) is 28.5 Å². The molecule has 28 heavy (non-hydrogen) atoms. The van der Waals surface area contributed by atoms with Crippen molar-refractivity contribution in [2.75, 3.05) is 11.9 Å². The zero-order valence-corrected chi connectivity index (χ0v) is 17.1. The lowest BCUT2D eigenvalue weighted by Crippen LogP contribution is -2.37. The normalized spacial score (nSPS) is 11.9. The highest BCUT2D eigenvalue weighted by atomic mass is 79.9. The number of carbonyl (C=O) groups excluding carboxylic acids is 1. The Morgan fingerprint density at radius 1 is 1.25 bits per heavy atom. The van der Waals surface area contributed by atoms with Crippen LogP contribution in [0.2, 0.25) is 0 Å². The first-order chi connectivity index (χ1) is 13.5. The number of nitrogens with one attached hydrogen (secondary N) is 2. The standard InChI is InChI=1S/C20H20BrFN4O2/c1-3-14(25-12(2)27)10-28-15-5-6-16-19(9-15)23-11-24-20(16)26-18-7-4-13(21)8-17(18)22/h4-9,11,14H,3,10H2,1-2H3,(H,25,27)(H,23,24,26). The number of ether oxygens (including phenoxy) is 1. The quantitative estimate of drug-likeness (QED) is 0.555. The molecule has 6 nitrogen and oxygen atoms in total. The van der Waals surface area contributed by atoms with Gasteiger partial charge in [0.05, 0.1) is 17.2 Å². The average molecular weight is 447 g/mol. The summed E-state index contributed by atoms with van der Waals surface area (Å²) in [7, 11) is 0. The van der Waals surface area contributed by atoms with Crippen molar-refractivity contribution in [1.82, 2.24) is 15.3 Å². The molecule has 1 heterocycles. The lowest BCUT2D eigenvalue weighted by molar-refractivity contribution is -0.119. The number of benzene rings is 2.